The van der Waals surface area contributed by atoms with E-state index < -0.39 is 33.5 Å². The third-order valence-corrected chi connectivity index (χ3v) is 2.79. The number of hydrogen-bond acceptors (Lipinski definition) is 7. The van der Waals surface area contributed by atoms with Crippen LogP contribution in [0, 0.1) is 26.1 Å². The number of carbonyl (C=O) groups is 2. The molecule has 0 aromatic heterocycles. The van der Waals surface area contributed by atoms with Crippen molar-refractivity contribution in [2.24, 2.45) is 5.92 Å². The summed E-state index contributed by atoms with van der Waals surface area (Å²) < 4.78 is 4.47. The summed E-state index contributed by atoms with van der Waals surface area (Å²) in [4.78, 5) is 43.0. The number of rotatable bonds is 5. The van der Waals surface area contributed by atoms with E-state index in [0.717, 1.165) is 19.3 Å². The zero-order valence-electron chi connectivity index (χ0n) is 10.8. The Morgan fingerprint density at radius 1 is 1.30 bits per heavy atom. The fourth-order valence-corrected chi connectivity index (χ4v) is 1.94. The van der Waals surface area contributed by atoms with Crippen molar-refractivity contribution in [3.63, 3.8) is 0 Å². The van der Waals surface area contributed by atoms with E-state index in [4.69, 9.17) is 0 Å². The predicted octanol–water partition coefficient (Wildman–Crippen LogP) is 0.501. The number of hydrogen-bond donors (Lipinski definition) is 0. The lowest BCUT2D eigenvalue weighted by molar-refractivity contribution is -0.501. The van der Waals surface area contributed by atoms with Crippen molar-refractivity contribution in [3.05, 3.63) is 43.7 Å². The average molecular weight is 284 g/mol. The van der Waals surface area contributed by atoms with Gasteiger partial charge in [0, 0.05) is 17.4 Å². The van der Waals surface area contributed by atoms with Gasteiger partial charge in [-0.25, -0.2) is 4.79 Å². The largest absolute Gasteiger partial charge is 0.466 e. The first-order valence-electron chi connectivity index (χ1n) is 5.57. The standard InChI is InChI=1S/C11H12N2O7/c1-6(14)3-8-9(11(15)20-2)4-7(12(16)17)5-10(8)13(18)19/h4-5,7-8H,3H2,1-2H3. The molecule has 0 N–H and O–H groups in total. The molecule has 0 spiro atoms. The Labute approximate surface area is 113 Å². The van der Waals surface area contributed by atoms with Crippen LogP contribution in [0.4, 0.5) is 0 Å². The highest BCUT2D eigenvalue weighted by atomic mass is 16.6. The Bertz CT molecular complexity index is 535. The number of esters is 1. The zero-order chi connectivity index (χ0) is 15.4. The summed E-state index contributed by atoms with van der Waals surface area (Å²) in [6.45, 7) is 1.21. The van der Waals surface area contributed by atoms with Gasteiger partial charge in [-0.2, -0.15) is 0 Å². The lowest BCUT2D eigenvalue weighted by Gasteiger charge is -2.19. The van der Waals surface area contributed by atoms with Gasteiger partial charge in [0.2, 0.25) is 0 Å². The number of ether oxygens (including phenoxy) is 1. The van der Waals surface area contributed by atoms with Gasteiger partial charge in [-0.15, -0.1) is 0 Å². The van der Waals surface area contributed by atoms with E-state index in [1.54, 1.807) is 0 Å². The number of Topliss-reactive ketones (excluding diaryl/α,β-unsaturated/α-hetero) is 1. The molecular formula is C11H12N2O7. The highest BCUT2D eigenvalue weighted by molar-refractivity contribution is 5.91. The molecule has 0 aromatic carbocycles. The lowest BCUT2D eigenvalue weighted by atomic mass is 9.85. The number of allylic oxidation sites excluding steroid dienone is 1. The van der Waals surface area contributed by atoms with E-state index >= 15 is 0 Å². The van der Waals surface area contributed by atoms with Crippen LogP contribution in [0.2, 0.25) is 0 Å². The van der Waals surface area contributed by atoms with E-state index in [1.165, 1.54) is 6.92 Å². The molecule has 0 aromatic rings. The Balaban J connectivity index is 3.32. The minimum atomic E-state index is -1.49. The Kier molecular flexibility index (Phi) is 4.68. The van der Waals surface area contributed by atoms with Crippen LogP contribution in [0.3, 0.4) is 0 Å². The van der Waals surface area contributed by atoms with Gasteiger partial charge in [-0.05, 0) is 6.92 Å². The molecule has 0 radical (unpaired) electrons. The highest BCUT2D eigenvalue weighted by Crippen LogP contribution is 2.31. The minimum absolute atomic E-state index is 0.237. The minimum Gasteiger partial charge on any atom is -0.466 e. The molecule has 20 heavy (non-hydrogen) atoms. The van der Waals surface area contributed by atoms with Crippen molar-refractivity contribution in [2.45, 2.75) is 19.4 Å². The fraction of sp³-hybridized carbons (Fsp3) is 0.455. The van der Waals surface area contributed by atoms with Gasteiger partial charge in [0.1, 0.15) is 5.78 Å². The molecule has 9 heteroatoms. The van der Waals surface area contributed by atoms with Crippen LogP contribution >= 0.6 is 0 Å². The first-order chi connectivity index (χ1) is 9.27. The molecule has 1 aliphatic carbocycles. The Hall–Kier alpha value is -2.58. The summed E-state index contributed by atoms with van der Waals surface area (Å²) in [6.07, 6.45) is 1.52. The van der Waals surface area contributed by atoms with Crippen LogP contribution in [-0.2, 0) is 14.3 Å². The molecular weight excluding hydrogens is 272 g/mol. The summed E-state index contributed by atoms with van der Waals surface area (Å²) in [6, 6.07) is -1.49. The monoisotopic (exact) mass is 284 g/mol. The molecule has 0 bridgehead atoms. The summed E-state index contributed by atoms with van der Waals surface area (Å²) in [7, 11) is 1.05. The van der Waals surface area contributed by atoms with Gasteiger partial charge < -0.3 is 4.74 Å². The van der Waals surface area contributed by atoms with Crippen molar-refractivity contribution in [1.29, 1.82) is 0 Å². The third-order valence-electron chi connectivity index (χ3n) is 2.79. The maximum atomic E-state index is 11.6. The number of ketones is 1. The lowest BCUT2D eigenvalue weighted by Crippen LogP contribution is -2.30. The van der Waals surface area contributed by atoms with Crippen LogP contribution in [0.1, 0.15) is 13.3 Å². The molecule has 0 fully saturated rings. The topological polar surface area (TPSA) is 130 Å². The molecule has 1 aliphatic rings. The molecule has 0 saturated carbocycles. The first-order valence-corrected chi connectivity index (χ1v) is 5.57. The smallest absolute Gasteiger partial charge is 0.334 e. The van der Waals surface area contributed by atoms with Crippen molar-refractivity contribution in [3.8, 4) is 0 Å². The molecule has 0 aliphatic heterocycles. The van der Waals surface area contributed by atoms with Gasteiger partial charge in [-0.1, -0.05) is 0 Å². The summed E-state index contributed by atoms with van der Waals surface area (Å²) in [5.74, 6) is -2.43. The third kappa shape index (κ3) is 3.25. The van der Waals surface area contributed by atoms with Crippen LogP contribution in [0.5, 0.6) is 0 Å². The molecule has 0 saturated heterocycles. The maximum Gasteiger partial charge on any atom is 0.334 e. The van der Waals surface area contributed by atoms with Crippen LogP contribution in [-0.4, -0.2) is 34.8 Å². The first kappa shape index (κ1) is 15.5. The normalized spacial score (nSPS) is 21.5. The van der Waals surface area contributed by atoms with Gasteiger partial charge >= 0.3 is 5.97 Å². The fourth-order valence-electron chi connectivity index (χ4n) is 1.94. The summed E-state index contributed by atoms with van der Waals surface area (Å²) >= 11 is 0. The Morgan fingerprint density at radius 3 is 2.30 bits per heavy atom. The zero-order valence-corrected chi connectivity index (χ0v) is 10.8. The SMILES string of the molecule is COC(=O)C1=CC([N+](=O)[O-])C=C([N+](=O)[O-])C1CC(C)=O. The molecule has 2 atom stereocenters. The molecule has 0 amide bonds. The van der Waals surface area contributed by atoms with Crippen molar-refractivity contribution in [1.82, 2.24) is 0 Å². The van der Waals surface area contributed by atoms with E-state index in [1.807, 2.05) is 0 Å². The molecule has 108 valence electrons. The molecule has 1 rings (SSSR count). The van der Waals surface area contributed by atoms with Crippen LogP contribution < -0.4 is 0 Å². The van der Waals surface area contributed by atoms with Crippen LogP contribution in [0.25, 0.3) is 0 Å². The van der Waals surface area contributed by atoms with E-state index in [0.29, 0.717) is 0 Å². The maximum absolute atomic E-state index is 11.6. The summed E-state index contributed by atoms with van der Waals surface area (Å²) in [5.41, 5.74) is -0.775. The van der Waals surface area contributed by atoms with Gasteiger partial charge in [0.15, 0.2) is 0 Å². The second-order valence-corrected chi connectivity index (χ2v) is 4.20. The van der Waals surface area contributed by atoms with Gasteiger partial charge in [0.05, 0.1) is 29.6 Å². The number of carbonyl (C=O) groups excluding carboxylic acids is 2. The average Bonchev–Trinajstić information content (AvgIpc) is 2.36. The Morgan fingerprint density at radius 2 is 1.90 bits per heavy atom. The van der Waals surface area contributed by atoms with Crippen molar-refractivity contribution < 1.29 is 24.2 Å². The van der Waals surface area contributed by atoms with Crippen LogP contribution in [0.15, 0.2) is 23.4 Å². The molecule has 2 unspecified atom stereocenters. The molecule has 0 heterocycles. The second-order valence-electron chi connectivity index (χ2n) is 4.20. The molecule has 9 nitrogen and oxygen atoms in total. The van der Waals surface area contributed by atoms with E-state index in [-0.39, 0.29) is 17.8 Å². The quantitative estimate of drug-likeness (QED) is 0.408. The number of nitrogens with zero attached hydrogens (tertiary/aromatic N) is 2. The number of nitro groups is 2. The van der Waals surface area contributed by atoms with E-state index in [2.05, 4.69) is 4.74 Å². The predicted molar refractivity (Wildman–Crippen MR) is 64.7 cm³/mol. The van der Waals surface area contributed by atoms with Gasteiger partial charge in [-0.3, -0.25) is 25.0 Å². The van der Waals surface area contributed by atoms with Crippen molar-refractivity contribution >= 4 is 11.8 Å². The highest BCUT2D eigenvalue weighted by Gasteiger charge is 2.40. The van der Waals surface area contributed by atoms with Gasteiger partial charge in [0.25, 0.3) is 11.7 Å². The van der Waals surface area contributed by atoms with E-state index in [9.17, 15) is 29.8 Å². The summed E-state index contributed by atoms with van der Waals surface area (Å²) in [5, 5.41) is 21.8. The number of methoxy groups -OCH3 is 1. The second kappa shape index (κ2) is 6.04. The van der Waals surface area contributed by atoms with Crippen molar-refractivity contribution in [2.75, 3.05) is 7.11 Å².